The van der Waals surface area contributed by atoms with Gasteiger partial charge in [-0.25, -0.2) is 0 Å². The Balaban J connectivity index is 2.23. The summed E-state index contributed by atoms with van der Waals surface area (Å²) < 4.78 is 36.2. The maximum absolute atomic E-state index is 12.1. The quantitative estimate of drug-likeness (QED) is 0.772. The number of halogens is 3. The third-order valence-electron chi connectivity index (χ3n) is 3.07. The molecule has 0 bridgehead atoms. The highest BCUT2D eigenvalue weighted by Gasteiger charge is 2.31. The van der Waals surface area contributed by atoms with Gasteiger partial charge in [0.05, 0.1) is 6.42 Å². The molecule has 0 radical (unpaired) electrons. The maximum Gasteiger partial charge on any atom is 0.390 e. The standard InChI is InChI=1S/C11H20F3N/c1-8-3-5-10(6-4-8)15-9(2)7-11(12,13)14/h8-10,15H,3-7H2,1-2H3. The van der Waals surface area contributed by atoms with Gasteiger partial charge in [0.15, 0.2) is 0 Å². The van der Waals surface area contributed by atoms with Crippen LogP contribution in [0, 0.1) is 5.92 Å². The maximum atomic E-state index is 12.1. The van der Waals surface area contributed by atoms with Crippen molar-refractivity contribution in [3.05, 3.63) is 0 Å². The largest absolute Gasteiger partial charge is 0.390 e. The molecule has 0 aliphatic heterocycles. The molecular formula is C11H20F3N. The van der Waals surface area contributed by atoms with E-state index in [0.29, 0.717) is 6.04 Å². The second-order valence-corrected chi connectivity index (χ2v) is 4.84. The first-order valence-electron chi connectivity index (χ1n) is 5.69. The zero-order chi connectivity index (χ0) is 11.5. The molecule has 1 aliphatic rings. The van der Waals surface area contributed by atoms with Crippen LogP contribution in [0.4, 0.5) is 13.2 Å². The van der Waals surface area contributed by atoms with E-state index in [1.807, 2.05) is 0 Å². The van der Waals surface area contributed by atoms with E-state index in [1.165, 1.54) is 0 Å². The summed E-state index contributed by atoms with van der Waals surface area (Å²) in [6.07, 6.45) is -0.465. The van der Waals surface area contributed by atoms with Gasteiger partial charge >= 0.3 is 6.18 Å². The van der Waals surface area contributed by atoms with Crippen molar-refractivity contribution in [1.29, 1.82) is 0 Å². The average molecular weight is 223 g/mol. The van der Waals surface area contributed by atoms with Gasteiger partial charge in [-0.1, -0.05) is 6.92 Å². The van der Waals surface area contributed by atoms with E-state index < -0.39 is 18.6 Å². The van der Waals surface area contributed by atoms with Crippen molar-refractivity contribution < 1.29 is 13.2 Å². The summed E-state index contributed by atoms with van der Waals surface area (Å²) in [7, 11) is 0. The lowest BCUT2D eigenvalue weighted by Crippen LogP contribution is -2.40. The van der Waals surface area contributed by atoms with Crippen molar-refractivity contribution in [1.82, 2.24) is 5.32 Å². The fourth-order valence-corrected chi connectivity index (χ4v) is 2.24. The molecule has 0 aromatic carbocycles. The normalized spacial score (nSPS) is 30.2. The summed E-state index contributed by atoms with van der Waals surface area (Å²) in [5.74, 6) is 0.737. The van der Waals surface area contributed by atoms with Crippen LogP contribution in [0.3, 0.4) is 0 Å². The Bertz CT molecular complexity index is 183. The molecule has 1 rings (SSSR count). The Morgan fingerprint density at radius 2 is 1.73 bits per heavy atom. The van der Waals surface area contributed by atoms with Crippen molar-refractivity contribution in [2.45, 2.75) is 64.2 Å². The van der Waals surface area contributed by atoms with Crippen LogP contribution < -0.4 is 5.32 Å². The van der Waals surface area contributed by atoms with Crippen LogP contribution in [0.2, 0.25) is 0 Å². The van der Waals surface area contributed by atoms with Crippen LogP contribution in [-0.2, 0) is 0 Å². The Morgan fingerprint density at radius 3 is 2.20 bits per heavy atom. The van der Waals surface area contributed by atoms with Gasteiger partial charge in [0.25, 0.3) is 0 Å². The molecule has 1 nitrogen and oxygen atoms in total. The zero-order valence-corrected chi connectivity index (χ0v) is 9.40. The Labute approximate surface area is 89.4 Å². The number of nitrogens with one attached hydrogen (secondary N) is 1. The van der Waals surface area contributed by atoms with E-state index in [4.69, 9.17) is 0 Å². The summed E-state index contributed by atoms with van der Waals surface area (Å²) in [5, 5.41) is 3.08. The highest BCUT2D eigenvalue weighted by atomic mass is 19.4. The molecule has 0 amide bonds. The van der Waals surface area contributed by atoms with E-state index >= 15 is 0 Å². The molecule has 90 valence electrons. The van der Waals surface area contributed by atoms with Gasteiger partial charge in [0, 0.05) is 12.1 Å². The van der Waals surface area contributed by atoms with E-state index in [0.717, 1.165) is 31.6 Å². The number of rotatable bonds is 3. The topological polar surface area (TPSA) is 12.0 Å². The van der Waals surface area contributed by atoms with Crippen LogP contribution in [-0.4, -0.2) is 18.3 Å². The molecule has 1 N–H and O–H groups in total. The SMILES string of the molecule is CC1CCC(NC(C)CC(F)(F)F)CC1. The molecule has 1 fully saturated rings. The van der Waals surface area contributed by atoms with E-state index in [9.17, 15) is 13.2 Å². The van der Waals surface area contributed by atoms with Crippen molar-refractivity contribution >= 4 is 0 Å². The summed E-state index contributed by atoms with van der Waals surface area (Å²) in [6.45, 7) is 3.82. The highest BCUT2D eigenvalue weighted by Crippen LogP contribution is 2.26. The van der Waals surface area contributed by atoms with Gasteiger partial charge in [0.1, 0.15) is 0 Å². The fraction of sp³-hybridized carbons (Fsp3) is 1.00. The molecule has 0 aromatic heterocycles. The predicted molar refractivity (Wildman–Crippen MR) is 54.7 cm³/mol. The average Bonchev–Trinajstić information content (AvgIpc) is 2.05. The Kier molecular flexibility index (Phi) is 4.44. The lowest BCUT2D eigenvalue weighted by molar-refractivity contribution is -0.139. The third kappa shape index (κ3) is 5.40. The minimum absolute atomic E-state index is 0.290. The molecule has 0 spiro atoms. The molecule has 1 aliphatic carbocycles. The molecule has 0 saturated heterocycles. The summed E-state index contributed by atoms with van der Waals surface area (Å²) >= 11 is 0. The molecule has 4 heteroatoms. The van der Waals surface area contributed by atoms with Crippen LogP contribution in [0.15, 0.2) is 0 Å². The summed E-state index contributed by atoms with van der Waals surface area (Å²) in [6, 6.07) is -0.165. The van der Waals surface area contributed by atoms with Crippen molar-refractivity contribution in [3.63, 3.8) is 0 Å². The van der Waals surface area contributed by atoms with Gasteiger partial charge in [-0.2, -0.15) is 13.2 Å². The van der Waals surface area contributed by atoms with Gasteiger partial charge in [-0.15, -0.1) is 0 Å². The third-order valence-corrected chi connectivity index (χ3v) is 3.07. The second-order valence-electron chi connectivity index (χ2n) is 4.84. The molecular weight excluding hydrogens is 203 g/mol. The van der Waals surface area contributed by atoms with Crippen LogP contribution in [0.25, 0.3) is 0 Å². The van der Waals surface area contributed by atoms with Gasteiger partial charge in [-0.05, 0) is 38.5 Å². The number of hydrogen-bond acceptors (Lipinski definition) is 1. The molecule has 1 atom stereocenters. The lowest BCUT2D eigenvalue weighted by atomic mass is 9.87. The lowest BCUT2D eigenvalue weighted by Gasteiger charge is -2.29. The van der Waals surface area contributed by atoms with Crippen molar-refractivity contribution in [2.24, 2.45) is 5.92 Å². The Morgan fingerprint density at radius 1 is 1.20 bits per heavy atom. The predicted octanol–water partition coefficient (Wildman–Crippen LogP) is 3.50. The van der Waals surface area contributed by atoms with Crippen molar-refractivity contribution in [2.75, 3.05) is 0 Å². The van der Waals surface area contributed by atoms with E-state index in [1.54, 1.807) is 6.92 Å². The van der Waals surface area contributed by atoms with Crippen LogP contribution in [0.5, 0.6) is 0 Å². The minimum atomic E-state index is -4.05. The zero-order valence-electron chi connectivity index (χ0n) is 9.40. The van der Waals surface area contributed by atoms with E-state index in [2.05, 4.69) is 12.2 Å². The van der Waals surface area contributed by atoms with E-state index in [-0.39, 0.29) is 0 Å². The monoisotopic (exact) mass is 223 g/mol. The first kappa shape index (κ1) is 12.8. The molecule has 1 unspecified atom stereocenters. The first-order chi connectivity index (χ1) is 6.87. The Hall–Kier alpha value is -0.250. The minimum Gasteiger partial charge on any atom is -0.311 e. The first-order valence-corrected chi connectivity index (χ1v) is 5.69. The van der Waals surface area contributed by atoms with Crippen molar-refractivity contribution in [3.8, 4) is 0 Å². The smallest absolute Gasteiger partial charge is 0.311 e. The number of alkyl halides is 3. The van der Waals surface area contributed by atoms with Gasteiger partial charge < -0.3 is 5.32 Å². The molecule has 0 heterocycles. The van der Waals surface area contributed by atoms with Crippen LogP contribution in [0.1, 0.15) is 46.0 Å². The summed E-state index contributed by atoms with van der Waals surface area (Å²) in [4.78, 5) is 0. The van der Waals surface area contributed by atoms with Gasteiger partial charge in [0.2, 0.25) is 0 Å². The highest BCUT2D eigenvalue weighted by molar-refractivity contribution is 4.78. The van der Waals surface area contributed by atoms with Gasteiger partial charge in [-0.3, -0.25) is 0 Å². The number of hydrogen-bond donors (Lipinski definition) is 1. The van der Waals surface area contributed by atoms with Crippen LogP contribution >= 0.6 is 0 Å². The second kappa shape index (κ2) is 5.19. The molecule has 1 saturated carbocycles. The fourth-order valence-electron chi connectivity index (χ4n) is 2.24. The molecule has 15 heavy (non-hydrogen) atoms. The molecule has 0 aromatic rings. The summed E-state index contributed by atoms with van der Waals surface area (Å²) in [5.41, 5.74) is 0.